The zero-order valence-electron chi connectivity index (χ0n) is 9.77. The molecule has 3 aromatic carbocycles. The Morgan fingerprint density at radius 3 is 2.29 bits per heavy atom. The Kier molecular flexibility index (Phi) is 2.34. The minimum Gasteiger partial charge on any atom is -0.392 e. The fourth-order valence-corrected chi connectivity index (χ4v) is 2.39. The van der Waals surface area contributed by atoms with Gasteiger partial charge in [0.2, 0.25) is 0 Å². The number of aryl methyl sites for hydroxylation is 1. The smallest absolute Gasteiger partial charge is 0.0690 e. The molecular formula is C16H14O. The Bertz CT molecular complexity index is 698. The molecule has 0 heterocycles. The standard InChI is InChI=1S/C16H14O/c1-11-6-7-14-8-12-4-2-3-5-13(12)9-15(14)16(11)10-17/h2-9,17H,10H2,1H3. The quantitative estimate of drug-likeness (QED) is 0.621. The maximum atomic E-state index is 9.49. The fourth-order valence-electron chi connectivity index (χ4n) is 2.39. The van der Waals surface area contributed by atoms with Gasteiger partial charge in [-0.1, -0.05) is 36.4 Å². The second kappa shape index (κ2) is 3.86. The van der Waals surface area contributed by atoms with Gasteiger partial charge in [-0.2, -0.15) is 0 Å². The van der Waals surface area contributed by atoms with Crippen molar-refractivity contribution in [3.63, 3.8) is 0 Å². The largest absolute Gasteiger partial charge is 0.392 e. The fraction of sp³-hybridized carbons (Fsp3) is 0.125. The first-order chi connectivity index (χ1) is 8.29. The molecule has 0 aliphatic carbocycles. The monoisotopic (exact) mass is 222 g/mol. The summed E-state index contributed by atoms with van der Waals surface area (Å²) in [4.78, 5) is 0. The average Bonchev–Trinajstić information content (AvgIpc) is 2.36. The molecule has 0 saturated heterocycles. The Labute approximate surface area is 100 Å². The molecule has 0 unspecified atom stereocenters. The highest BCUT2D eigenvalue weighted by atomic mass is 16.3. The van der Waals surface area contributed by atoms with E-state index < -0.39 is 0 Å². The van der Waals surface area contributed by atoms with E-state index in [-0.39, 0.29) is 6.61 Å². The highest BCUT2D eigenvalue weighted by molar-refractivity contribution is 5.99. The number of hydrogen-bond acceptors (Lipinski definition) is 1. The molecule has 1 nitrogen and oxygen atoms in total. The molecule has 1 N–H and O–H groups in total. The van der Waals surface area contributed by atoms with Crippen LogP contribution in [0.15, 0.2) is 48.5 Å². The lowest BCUT2D eigenvalue weighted by molar-refractivity contribution is 0.282. The van der Waals surface area contributed by atoms with Crippen LogP contribution in [-0.4, -0.2) is 5.11 Å². The predicted molar refractivity (Wildman–Crippen MR) is 72.1 cm³/mol. The molecule has 0 spiro atoms. The first-order valence-electron chi connectivity index (χ1n) is 5.81. The lowest BCUT2D eigenvalue weighted by Gasteiger charge is -2.09. The highest BCUT2D eigenvalue weighted by Gasteiger charge is 2.05. The first-order valence-corrected chi connectivity index (χ1v) is 5.81. The number of aliphatic hydroxyl groups excluding tert-OH is 1. The first kappa shape index (κ1) is 10.3. The van der Waals surface area contributed by atoms with Crippen LogP contribution in [0.1, 0.15) is 11.1 Å². The van der Waals surface area contributed by atoms with Gasteiger partial charge < -0.3 is 5.11 Å². The van der Waals surface area contributed by atoms with E-state index in [2.05, 4.69) is 42.5 Å². The van der Waals surface area contributed by atoms with Gasteiger partial charge in [-0.05, 0) is 51.7 Å². The maximum Gasteiger partial charge on any atom is 0.0690 e. The van der Waals surface area contributed by atoms with Crippen molar-refractivity contribution in [2.75, 3.05) is 0 Å². The van der Waals surface area contributed by atoms with E-state index in [1.165, 1.54) is 16.2 Å². The molecule has 84 valence electrons. The summed E-state index contributed by atoms with van der Waals surface area (Å²) in [6.45, 7) is 2.14. The van der Waals surface area contributed by atoms with Gasteiger partial charge in [0.15, 0.2) is 0 Å². The van der Waals surface area contributed by atoms with E-state index in [1.54, 1.807) is 0 Å². The van der Waals surface area contributed by atoms with E-state index in [1.807, 2.05) is 13.0 Å². The van der Waals surface area contributed by atoms with E-state index in [4.69, 9.17) is 0 Å². The molecular weight excluding hydrogens is 208 g/mol. The number of rotatable bonds is 1. The molecule has 0 bridgehead atoms. The van der Waals surface area contributed by atoms with Gasteiger partial charge in [0.25, 0.3) is 0 Å². The van der Waals surface area contributed by atoms with Gasteiger partial charge in [0, 0.05) is 0 Å². The molecule has 0 radical (unpaired) electrons. The van der Waals surface area contributed by atoms with E-state index in [9.17, 15) is 5.11 Å². The number of hydrogen-bond donors (Lipinski definition) is 1. The van der Waals surface area contributed by atoms with Crippen molar-refractivity contribution in [1.82, 2.24) is 0 Å². The lowest BCUT2D eigenvalue weighted by atomic mass is 9.97. The van der Waals surface area contributed by atoms with Crippen molar-refractivity contribution < 1.29 is 5.11 Å². The van der Waals surface area contributed by atoms with Crippen LogP contribution in [0.4, 0.5) is 0 Å². The minimum absolute atomic E-state index is 0.0987. The van der Waals surface area contributed by atoms with Gasteiger partial charge >= 0.3 is 0 Å². The molecule has 0 atom stereocenters. The lowest BCUT2D eigenvalue weighted by Crippen LogP contribution is -1.90. The van der Waals surface area contributed by atoms with Crippen LogP contribution in [-0.2, 0) is 6.61 Å². The minimum atomic E-state index is 0.0987. The zero-order chi connectivity index (χ0) is 11.8. The molecule has 0 amide bonds. The van der Waals surface area contributed by atoms with Crippen molar-refractivity contribution in [3.05, 3.63) is 59.7 Å². The number of benzene rings is 3. The molecule has 0 aliphatic heterocycles. The third kappa shape index (κ3) is 1.60. The third-order valence-electron chi connectivity index (χ3n) is 3.39. The van der Waals surface area contributed by atoms with Crippen LogP contribution >= 0.6 is 0 Å². The molecule has 17 heavy (non-hydrogen) atoms. The van der Waals surface area contributed by atoms with Crippen LogP contribution in [0.5, 0.6) is 0 Å². The molecule has 0 saturated carbocycles. The van der Waals surface area contributed by atoms with Crippen molar-refractivity contribution >= 4 is 21.5 Å². The third-order valence-corrected chi connectivity index (χ3v) is 3.39. The second-order valence-corrected chi connectivity index (χ2v) is 4.44. The summed E-state index contributed by atoms with van der Waals surface area (Å²) in [6.07, 6.45) is 0. The molecule has 3 aromatic rings. The van der Waals surface area contributed by atoms with Gasteiger partial charge in [-0.25, -0.2) is 0 Å². The van der Waals surface area contributed by atoms with Crippen molar-refractivity contribution in [2.45, 2.75) is 13.5 Å². The predicted octanol–water partition coefficient (Wildman–Crippen LogP) is 3.79. The summed E-state index contributed by atoms with van der Waals surface area (Å²) in [6, 6.07) is 16.9. The SMILES string of the molecule is Cc1ccc2cc3ccccc3cc2c1CO. The van der Waals surface area contributed by atoms with Crippen LogP contribution in [0.25, 0.3) is 21.5 Å². The second-order valence-electron chi connectivity index (χ2n) is 4.44. The Balaban J connectivity index is 2.47. The van der Waals surface area contributed by atoms with E-state index in [0.29, 0.717) is 0 Å². The van der Waals surface area contributed by atoms with Gasteiger partial charge in [-0.3, -0.25) is 0 Å². The zero-order valence-corrected chi connectivity index (χ0v) is 9.77. The number of aliphatic hydroxyl groups is 1. The van der Waals surface area contributed by atoms with Crippen molar-refractivity contribution in [2.24, 2.45) is 0 Å². The van der Waals surface area contributed by atoms with Gasteiger partial charge in [0.05, 0.1) is 6.61 Å². The Morgan fingerprint density at radius 2 is 1.59 bits per heavy atom. The molecule has 3 rings (SSSR count). The summed E-state index contributed by atoms with van der Waals surface area (Å²) in [5.74, 6) is 0. The normalized spacial score (nSPS) is 11.2. The molecule has 0 aromatic heterocycles. The molecule has 0 fully saturated rings. The van der Waals surface area contributed by atoms with E-state index >= 15 is 0 Å². The van der Waals surface area contributed by atoms with Gasteiger partial charge in [0.1, 0.15) is 0 Å². The maximum absolute atomic E-state index is 9.49. The van der Waals surface area contributed by atoms with Crippen LogP contribution in [0, 0.1) is 6.92 Å². The summed E-state index contributed by atoms with van der Waals surface area (Å²) in [5, 5.41) is 14.3. The number of fused-ring (bicyclic) bond motifs is 2. The summed E-state index contributed by atoms with van der Waals surface area (Å²) < 4.78 is 0. The molecule has 1 heteroatoms. The van der Waals surface area contributed by atoms with Crippen LogP contribution in [0.3, 0.4) is 0 Å². The van der Waals surface area contributed by atoms with Gasteiger partial charge in [-0.15, -0.1) is 0 Å². The van der Waals surface area contributed by atoms with E-state index in [0.717, 1.165) is 16.5 Å². The Morgan fingerprint density at radius 1 is 0.882 bits per heavy atom. The highest BCUT2D eigenvalue weighted by Crippen LogP contribution is 2.27. The van der Waals surface area contributed by atoms with Crippen molar-refractivity contribution in [3.8, 4) is 0 Å². The van der Waals surface area contributed by atoms with Crippen molar-refractivity contribution in [1.29, 1.82) is 0 Å². The van der Waals surface area contributed by atoms with Crippen LogP contribution in [0.2, 0.25) is 0 Å². The molecule has 0 aliphatic rings. The summed E-state index contributed by atoms with van der Waals surface area (Å²) in [7, 11) is 0. The summed E-state index contributed by atoms with van der Waals surface area (Å²) >= 11 is 0. The average molecular weight is 222 g/mol. The van der Waals surface area contributed by atoms with Crippen LogP contribution < -0.4 is 0 Å². The topological polar surface area (TPSA) is 20.2 Å². The Hall–Kier alpha value is -1.86. The summed E-state index contributed by atoms with van der Waals surface area (Å²) in [5.41, 5.74) is 2.18.